The first kappa shape index (κ1) is 11.1. The second-order valence-corrected chi connectivity index (χ2v) is 4.15. The molecule has 5 heteroatoms. The van der Waals surface area contributed by atoms with E-state index >= 15 is 0 Å². The lowest BCUT2D eigenvalue weighted by Crippen LogP contribution is -2.36. The van der Waals surface area contributed by atoms with Gasteiger partial charge in [-0.05, 0) is 19.8 Å². The molecule has 0 radical (unpaired) electrons. The van der Waals surface area contributed by atoms with Crippen LogP contribution in [0.25, 0.3) is 0 Å². The van der Waals surface area contributed by atoms with E-state index in [-0.39, 0.29) is 0 Å². The summed E-state index contributed by atoms with van der Waals surface area (Å²) in [4.78, 5) is 15.5. The third-order valence-corrected chi connectivity index (χ3v) is 3.30. The molecule has 0 spiro atoms. The van der Waals surface area contributed by atoms with E-state index in [0.29, 0.717) is 0 Å². The number of ether oxygens (including phenoxy) is 1. The highest BCUT2D eigenvalue weighted by atomic mass is 16.5. The molecule has 0 saturated heterocycles. The van der Waals surface area contributed by atoms with Crippen molar-refractivity contribution in [2.75, 3.05) is 7.11 Å². The number of carbonyl (C=O) groups excluding carboxylic acids is 1. The van der Waals surface area contributed by atoms with Gasteiger partial charge in [0.25, 0.3) is 0 Å². The van der Waals surface area contributed by atoms with Crippen molar-refractivity contribution in [1.29, 1.82) is 0 Å². The average Bonchev–Trinajstić information content (AvgIpc) is 2.98. The van der Waals surface area contributed by atoms with E-state index in [2.05, 4.69) is 9.72 Å². The van der Waals surface area contributed by atoms with Crippen molar-refractivity contribution in [2.45, 2.75) is 37.8 Å². The number of aliphatic hydroxyl groups is 1. The monoisotopic (exact) mass is 224 g/mol. The van der Waals surface area contributed by atoms with E-state index in [4.69, 9.17) is 0 Å². The molecule has 1 unspecified atom stereocenters. The number of esters is 1. The van der Waals surface area contributed by atoms with Gasteiger partial charge in [-0.15, -0.1) is 0 Å². The molecule has 1 heterocycles. The first-order valence-corrected chi connectivity index (χ1v) is 5.42. The van der Waals surface area contributed by atoms with Gasteiger partial charge in [0.15, 0.2) is 6.10 Å². The fraction of sp³-hybridized carbons (Fsp3) is 0.636. The number of rotatable bonds is 4. The lowest BCUT2D eigenvalue weighted by atomic mass is 9.95. The number of aryl methyl sites for hydroxylation is 1. The van der Waals surface area contributed by atoms with Crippen LogP contribution in [0.3, 0.4) is 0 Å². The zero-order chi connectivity index (χ0) is 11.8. The van der Waals surface area contributed by atoms with Gasteiger partial charge < -0.3 is 14.4 Å². The Kier molecular flexibility index (Phi) is 2.71. The van der Waals surface area contributed by atoms with Crippen LogP contribution in [-0.4, -0.2) is 33.8 Å². The van der Waals surface area contributed by atoms with Crippen LogP contribution in [0.1, 0.15) is 25.5 Å². The van der Waals surface area contributed by atoms with Crippen molar-refractivity contribution in [3.8, 4) is 0 Å². The van der Waals surface area contributed by atoms with Gasteiger partial charge in [0.1, 0.15) is 0 Å². The smallest absolute Gasteiger partial charge is 0.335 e. The summed E-state index contributed by atoms with van der Waals surface area (Å²) in [5.41, 5.74) is 0.451. The summed E-state index contributed by atoms with van der Waals surface area (Å²) in [6, 6.07) is 0. The summed E-state index contributed by atoms with van der Waals surface area (Å²) in [5, 5.41) is 9.98. The summed E-state index contributed by atoms with van der Waals surface area (Å²) in [5.74, 6) is -0.568. The van der Waals surface area contributed by atoms with Crippen LogP contribution in [-0.2, 0) is 21.5 Å². The number of aliphatic hydroxyl groups excluding tert-OH is 1. The molecule has 1 saturated carbocycles. The summed E-state index contributed by atoms with van der Waals surface area (Å²) in [6.07, 6.45) is 3.96. The van der Waals surface area contributed by atoms with Crippen molar-refractivity contribution >= 4 is 5.97 Å². The molecule has 0 amide bonds. The van der Waals surface area contributed by atoms with Crippen molar-refractivity contribution in [3.63, 3.8) is 0 Å². The summed E-state index contributed by atoms with van der Waals surface area (Å²) >= 11 is 0. The zero-order valence-corrected chi connectivity index (χ0v) is 9.51. The number of imidazole rings is 1. The Morgan fingerprint density at radius 2 is 2.44 bits per heavy atom. The van der Waals surface area contributed by atoms with Gasteiger partial charge in [0, 0.05) is 23.9 Å². The van der Waals surface area contributed by atoms with Gasteiger partial charge >= 0.3 is 5.97 Å². The second kappa shape index (κ2) is 3.90. The average molecular weight is 224 g/mol. The molecule has 88 valence electrons. The lowest BCUT2D eigenvalue weighted by Gasteiger charge is -2.21. The Bertz CT molecular complexity index is 396. The number of aromatic nitrogens is 2. The largest absolute Gasteiger partial charge is 0.467 e. The summed E-state index contributed by atoms with van der Waals surface area (Å²) < 4.78 is 6.55. The van der Waals surface area contributed by atoms with Crippen molar-refractivity contribution in [2.24, 2.45) is 0 Å². The molecule has 1 aromatic rings. The molecule has 5 nitrogen and oxygen atoms in total. The van der Waals surface area contributed by atoms with Crippen LogP contribution >= 0.6 is 0 Å². The molecule has 0 bridgehead atoms. The van der Waals surface area contributed by atoms with Crippen molar-refractivity contribution in [1.82, 2.24) is 9.55 Å². The highest BCUT2D eigenvalue weighted by molar-refractivity contribution is 5.77. The maximum absolute atomic E-state index is 11.4. The van der Waals surface area contributed by atoms with Crippen LogP contribution < -0.4 is 0 Å². The summed E-state index contributed by atoms with van der Waals surface area (Å²) in [7, 11) is 1.29. The van der Waals surface area contributed by atoms with Gasteiger partial charge in [-0.2, -0.15) is 0 Å². The maximum Gasteiger partial charge on any atom is 0.335 e. The minimum absolute atomic E-state index is 0.473. The predicted octanol–water partition coefficient (Wildman–Crippen LogP) is 0.468. The molecule has 0 aliphatic heterocycles. The fourth-order valence-corrected chi connectivity index (χ4v) is 2.13. The van der Waals surface area contributed by atoms with Crippen LogP contribution in [0, 0.1) is 0 Å². The topological polar surface area (TPSA) is 64.3 Å². The molecule has 1 aliphatic rings. The minimum Gasteiger partial charge on any atom is -0.467 e. The fourth-order valence-electron chi connectivity index (χ4n) is 2.13. The van der Waals surface area contributed by atoms with Crippen LogP contribution in [0.15, 0.2) is 12.5 Å². The third kappa shape index (κ3) is 1.51. The SMILES string of the molecule is CCn1cncc1C1(C(O)C(=O)OC)CC1. The molecule has 0 aromatic carbocycles. The van der Waals surface area contributed by atoms with E-state index in [1.54, 1.807) is 12.5 Å². The van der Waals surface area contributed by atoms with Crippen molar-refractivity contribution < 1.29 is 14.6 Å². The molecular weight excluding hydrogens is 208 g/mol. The van der Waals surface area contributed by atoms with E-state index in [0.717, 1.165) is 25.1 Å². The van der Waals surface area contributed by atoms with E-state index in [1.165, 1.54) is 7.11 Å². The van der Waals surface area contributed by atoms with E-state index in [1.807, 2.05) is 11.5 Å². The van der Waals surface area contributed by atoms with Crippen LogP contribution in [0.4, 0.5) is 0 Å². The molecule has 16 heavy (non-hydrogen) atoms. The Hall–Kier alpha value is -1.36. The van der Waals surface area contributed by atoms with Crippen LogP contribution in [0.2, 0.25) is 0 Å². The molecule has 1 aromatic heterocycles. The molecule has 1 N–H and O–H groups in total. The molecule has 2 rings (SSSR count). The highest BCUT2D eigenvalue weighted by Crippen LogP contribution is 2.51. The number of hydrogen-bond donors (Lipinski definition) is 1. The van der Waals surface area contributed by atoms with E-state index in [9.17, 15) is 9.90 Å². The van der Waals surface area contributed by atoms with Crippen LogP contribution in [0.5, 0.6) is 0 Å². The Morgan fingerprint density at radius 1 is 1.75 bits per heavy atom. The maximum atomic E-state index is 11.4. The third-order valence-electron chi connectivity index (χ3n) is 3.30. The van der Waals surface area contributed by atoms with Gasteiger partial charge in [0.2, 0.25) is 0 Å². The second-order valence-electron chi connectivity index (χ2n) is 4.15. The van der Waals surface area contributed by atoms with Gasteiger partial charge in [-0.1, -0.05) is 0 Å². The molecular formula is C11H16N2O3. The van der Waals surface area contributed by atoms with Gasteiger partial charge in [-0.3, -0.25) is 0 Å². The molecule has 1 atom stereocenters. The van der Waals surface area contributed by atoms with Gasteiger partial charge in [-0.25, -0.2) is 9.78 Å². The highest BCUT2D eigenvalue weighted by Gasteiger charge is 2.55. The molecule has 1 aliphatic carbocycles. The normalized spacial score (nSPS) is 19.2. The number of methoxy groups -OCH3 is 1. The Balaban J connectivity index is 2.29. The predicted molar refractivity (Wildman–Crippen MR) is 56.8 cm³/mol. The molecule has 1 fully saturated rings. The lowest BCUT2D eigenvalue weighted by molar-refractivity contribution is -0.152. The van der Waals surface area contributed by atoms with Crippen molar-refractivity contribution in [3.05, 3.63) is 18.2 Å². The number of hydrogen-bond acceptors (Lipinski definition) is 4. The minimum atomic E-state index is -1.08. The summed E-state index contributed by atoms with van der Waals surface area (Å²) in [6.45, 7) is 2.79. The van der Waals surface area contributed by atoms with Gasteiger partial charge in [0.05, 0.1) is 13.4 Å². The zero-order valence-electron chi connectivity index (χ0n) is 9.51. The standard InChI is InChI=1S/C11H16N2O3/c1-3-13-7-12-6-8(13)11(4-5-11)9(14)10(15)16-2/h6-7,9,14H,3-5H2,1-2H3. The Morgan fingerprint density at radius 3 is 2.94 bits per heavy atom. The quantitative estimate of drug-likeness (QED) is 0.755. The number of nitrogens with zero attached hydrogens (tertiary/aromatic N) is 2. The Labute approximate surface area is 94.1 Å². The first-order chi connectivity index (χ1) is 7.65. The number of carbonyl (C=O) groups is 1. The van der Waals surface area contributed by atoms with E-state index < -0.39 is 17.5 Å². The first-order valence-electron chi connectivity index (χ1n) is 5.42.